The number of carbonyl (C=O) groups excluding carboxylic acids is 2. The van der Waals surface area contributed by atoms with Crippen molar-refractivity contribution in [2.45, 2.75) is 45.3 Å². The van der Waals surface area contributed by atoms with E-state index in [2.05, 4.69) is 10.6 Å². The molecule has 0 saturated heterocycles. The lowest BCUT2D eigenvalue weighted by Crippen LogP contribution is -2.43. The van der Waals surface area contributed by atoms with E-state index in [9.17, 15) is 24.3 Å². The standard InChI is InChI=1S/C19H24N2O7/c1-19(2,3)28-18(27)21-14(17(25)26)9-10-15(22)20-13-7-4-12(5-8-13)6-11-16(23)24/h4-8,11,14H,9-10H2,1-3H3,(H,20,22)(H,21,27)(H,23,24)(H,25,26)/t14-/m0/s1. The van der Waals surface area contributed by atoms with Crippen LogP contribution >= 0.6 is 0 Å². The number of ether oxygens (including phenoxy) is 1. The Morgan fingerprint density at radius 1 is 1.11 bits per heavy atom. The number of hydrogen-bond acceptors (Lipinski definition) is 5. The van der Waals surface area contributed by atoms with Crippen LogP contribution in [0.25, 0.3) is 6.08 Å². The van der Waals surface area contributed by atoms with Crippen LogP contribution < -0.4 is 10.6 Å². The van der Waals surface area contributed by atoms with E-state index in [-0.39, 0.29) is 12.8 Å². The molecule has 0 aliphatic carbocycles. The summed E-state index contributed by atoms with van der Waals surface area (Å²) in [5.74, 6) is -2.76. The third kappa shape index (κ3) is 9.37. The first-order valence-electron chi connectivity index (χ1n) is 8.49. The Balaban J connectivity index is 2.55. The first kappa shape index (κ1) is 22.7. The zero-order valence-corrected chi connectivity index (χ0v) is 15.9. The maximum atomic E-state index is 12.0. The van der Waals surface area contributed by atoms with Crippen molar-refractivity contribution in [2.75, 3.05) is 5.32 Å². The fourth-order valence-electron chi connectivity index (χ4n) is 2.05. The molecule has 0 spiro atoms. The van der Waals surface area contributed by atoms with Crippen molar-refractivity contribution >= 4 is 35.7 Å². The molecule has 9 heteroatoms. The van der Waals surface area contributed by atoms with E-state index < -0.39 is 35.6 Å². The predicted octanol–water partition coefficient (Wildman–Crippen LogP) is 2.48. The second-order valence-corrected chi connectivity index (χ2v) is 6.92. The number of aliphatic carboxylic acids is 2. The first-order valence-corrected chi connectivity index (χ1v) is 8.49. The van der Waals surface area contributed by atoms with Crippen LogP contribution in [0.15, 0.2) is 30.3 Å². The Labute approximate surface area is 162 Å². The Bertz CT molecular complexity index is 749. The number of hydrogen-bond donors (Lipinski definition) is 4. The molecule has 1 rings (SSSR count). The normalized spacial score (nSPS) is 12.2. The fraction of sp³-hybridized carbons (Fsp3) is 0.368. The number of alkyl carbamates (subject to hydrolysis) is 1. The summed E-state index contributed by atoms with van der Waals surface area (Å²) in [4.78, 5) is 45.5. The molecule has 0 unspecified atom stereocenters. The minimum absolute atomic E-state index is 0.111. The van der Waals surface area contributed by atoms with E-state index in [1.54, 1.807) is 45.0 Å². The molecule has 0 aromatic heterocycles. The van der Waals surface area contributed by atoms with Gasteiger partial charge in [-0.2, -0.15) is 0 Å². The van der Waals surface area contributed by atoms with Gasteiger partial charge in [-0.15, -0.1) is 0 Å². The van der Waals surface area contributed by atoms with Gasteiger partial charge in [-0.05, 0) is 51.0 Å². The highest BCUT2D eigenvalue weighted by Crippen LogP contribution is 2.12. The monoisotopic (exact) mass is 392 g/mol. The van der Waals surface area contributed by atoms with Crippen LogP contribution in [-0.4, -0.2) is 45.8 Å². The molecule has 0 radical (unpaired) electrons. The van der Waals surface area contributed by atoms with Crippen LogP contribution in [0.4, 0.5) is 10.5 Å². The van der Waals surface area contributed by atoms with Crippen molar-refractivity contribution in [1.29, 1.82) is 0 Å². The number of nitrogens with one attached hydrogen (secondary N) is 2. The molecule has 152 valence electrons. The topological polar surface area (TPSA) is 142 Å². The zero-order chi connectivity index (χ0) is 21.3. The molecule has 1 aromatic rings. The van der Waals surface area contributed by atoms with Gasteiger partial charge in [0.1, 0.15) is 11.6 Å². The van der Waals surface area contributed by atoms with E-state index in [0.717, 1.165) is 6.08 Å². The Morgan fingerprint density at radius 3 is 2.21 bits per heavy atom. The molecule has 0 aliphatic rings. The van der Waals surface area contributed by atoms with Crippen molar-refractivity contribution in [3.63, 3.8) is 0 Å². The summed E-state index contributed by atoms with van der Waals surface area (Å²) in [7, 11) is 0. The third-order valence-electron chi connectivity index (χ3n) is 3.26. The Morgan fingerprint density at radius 2 is 1.71 bits per heavy atom. The number of carboxylic acid groups (broad SMARTS) is 2. The van der Waals surface area contributed by atoms with Gasteiger partial charge in [-0.25, -0.2) is 14.4 Å². The van der Waals surface area contributed by atoms with Gasteiger partial charge in [-0.3, -0.25) is 4.79 Å². The van der Waals surface area contributed by atoms with E-state index in [4.69, 9.17) is 9.84 Å². The van der Waals surface area contributed by atoms with Gasteiger partial charge in [-0.1, -0.05) is 12.1 Å². The fourth-order valence-corrected chi connectivity index (χ4v) is 2.05. The number of benzene rings is 1. The smallest absolute Gasteiger partial charge is 0.408 e. The van der Waals surface area contributed by atoms with Crippen LogP contribution in [0.1, 0.15) is 39.2 Å². The SMILES string of the molecule is CC(C)(C)OC(=O)N[C@@H](CCC(=O)Nc1ccc(C=CC(=O)O)cc1)C(=O)O. The number of rotatable bonds is 8. The summed E-state index contributed by atoms with van der Waals surface area (Å²) in [5.41, 5.74) is 0.355. The first-order chi connectivity index (χ1) is 13.0. The molecule has 1 aromatic carbocycles. The molecular weight excluding hydrogens is 368 g/mol. The van der Waals surface area contributed by atoms with Crippen molar-refractivity contribution in [3.05, 3.63) is 35.9 Å². The molecule has 4 N–H and O–H groups in total. The van der Waals surface area contributed by atoms with Crippen molar-refractivity contribution < 1.29 is 34.1 Å². The number of carbonyl (C=O) groups is 4. The average molecular weight is 392 g/mol. The quantitative estimate of drug-likeness (QED) is 0.498. The average Bonchev–Trinajstić information content (AvgIpc) is 2.56. The zero-order valence-electron chi connectivity index (χ0n) is 15.9. The molecule has 0 bridgehead atoms. The summed E-state index contributed by atoms with van der Waals surface area (Å²) in [6.45, 7) is 4.95. The van der Waals surface area contributed by atoms with Gasteiger partial charge in [0.05, 0.1) is 0 Å². The van der Waals surface area contributed by atoms with E-state index in [1.807, 2.05) is 0 Å². The van der Waals surface area contributed by atoms with Crippen molar-refractivity contribution in [1.82, 2.24) is 5.32 Å². The molecule has 9 nitrogen and oxygen atoms in total. The second-order valence-electron chi connectivity index (χ2n) is 6.92. The maximum absolute atomic E-state index is 12.0. The Kier molecular flexibility index (Phi) is 8.18. The Hall–Kier alpha value is -3.36. The summed E-state index contributed by atoms with van der Waals surface area (Å²) < 4.78 is 5.01. The molecule has 0 saturated carbocycles. The van der Waals surface area contributed by atoms with E-state index >= 15 is 0 Å². The van der Waals surface area contributed by atoms with Crippen LogP contribution in [0.3, 0.4) is 0 Å². The minimum atomic E-state index is -1.27. The molecule has 0 heterocycles. The van der Waals surface area contributed by atoms with Crippen molar-refractivity contribution in [2.24, 2.45) is 0 Å². The molecule has 0 aliphatic heterocycles. The number of carboxylic acids is 2. The largest absolute Gasteiger partial charge is 0.480 e. The van der Waals surface area contributed by atoms with Gasteiger partial charge in [0.2, 0.25) is 5.91 Å². The van der Waals surface area contributed by atoms with E-state index in [0.29, 0.717) is 11.3 Å². The molecule has 1 atom stereocenters. The molecule has 2 amide bonds. The van der Waals surface area contributed by atoms with Crippen LogP contribution in [0.5, 0.6) is 0 Å². The molecule has 28 heavy (non-hydrogen) atoms. The van der Waals surface area contributed by atoms with E-state index in [1.165, 1.54) is 6.08 Å². The lowest BCUT2D eigenvalue weighted by atomic mass is 10.1. The predicted molar refractivity (Wildman–Crippen MR) is 102 cm³/mol. The van der Waals surface area contributed by atoms with Gasteiger partial charge < -0.3 is 25.6 Å². The third-order valence-corrected chi connectivity index (χ3v) is 3.26. The summed E-state index contributed by atoms with van der Waals surface area (Å²) in [6.07, 6.45) is 1.29. The lowest BCUT2D eigenvalue weighted by molar-refractivity contribution is -0.139. The summed E-state index contributed by atoms with van der Waals surface area (Å²) in [6, 6.07) is 5.17. The van der Waals surface area contributed by atoms with Crippen molar-refractivity contribution in [3.8, 4) is 0 Å². The van der Waals surface area contributed by atoms with Gasteiger partial charge in [0.25, 0.3) is 0 Å². The number of anilines is 1. The highest BCUT2D eigenvalue weighted by molar-refractivity contribution is 5.91. The second kappa shape index (κ2) is 10.1. The molecular formula is C19H24N2O7. The lowest BCUT2D eigenvalue weighted by Gasteiger charge is -2.21. The van der Waals surface area contributed by atoms with Crippen LogP contribution in [0.2, 0.25) is 0 Å². The summed E-state index contributed by atoms with van der Waals surface area (Å²) in [5, 5.41) is 22.6. The highest BCUT2D eigenvalue weighted by atomic mass is 16.6. The van der Waals surface area contributed by atoms with Crippen LogP contribution in [0, 0.1) is 0 Å². The number of amides is 2. The van der Waals surface area contributed by atoms with Crippen LogP contribution in [-0.2, 0) is 19.1 Å². The maximum Gasteiger partial charge on any atom is 0.408 e. The van der Waals surface area contributed by atoms with Gasteiger partial charge >= 0.3 is 18.0 Å². The van der Waals surface area contributed by atoms with Gasteiger partial charge in [0.15, 0.2) is 0 Å². The van der Waals surface area contributed by atoms with Gasteiger partial charge in [0, 0.05) is 18.2 Å². The minimum Gasteiger partial charge on any atom is -0.480 e. The molecule has 0 fully saturated rings. The summed E-state index contributed by atoms with van der Waals surface area (Å²) >= 11 is 0. The highest BCUT2D eigenvalue weighted by Gasteiger charge is 2.24.